The van der Waals surface area contributed by atoms with Crippen LogP contribution in [0.5, 0.6) is 0 Å². The van der Waals surface area contributed by atoms with Gasteiger partial charge >= 0.3 is 33.6 Å². The number of allylic oxidation sites excluding steroid dienone is 34. The van der Waals surface area contributed by atoms with Crippen LogP contribution in [0, 0.1) is 0 Å². The molecular weight excluding hydrogens is 1580 g/mol. The molecule has 5 unspecified atom stereocenters. The number of unbranched alkanes of at least 4 members (excludes halogenated alkanes) is 33. The topological polar surface area (TPSA) is 231 Å². The molecule has 18 heteroatoms. The van der Waals surface area contributed by atoms with Gasteiger partial charge in [0.15, 0.2) is 6.10 Å². The first-order valence-corrected chi connectivity index (χ1v) is 51.4. The van der Waals surface area contributed by atoms with Gasteiger partial charge in [0.25, 0.3) is 0 Å². The third-order valence-corrected chi connectivity index (χ3v) is 21.9. The number of aliphatic hydroxyl groups is 2. The van der Waals surface area contributed by atoms with E-state index in [1.165, 1.54) is 109 Å². The number of rotatable bonds is 90. The van der Waals surface area contributed by atoms with E-state index in [0.29, 0.717) is 19.3 Å². The summed E-state index contributed by atoms with van der Waals surface area (Å²) >= 11 is 0. The van der Waals surface area contributed by atoms with Crippen molar-refractivity contribution >= 4 is 33.6 Å². The smallest absolute Gasteiger partial charge is 0.463 e. The van der Waals surface area contributed by atoms with Gasteiger partial charge in [0.1, 0.15) is 25.4 Å². The van der Waals surface area contributed by atoms with E-state index < -0.39 is 91.5 Å². The van der Waals surface area contributed by atoms with Crippen LogP contribution >= 0.6 is 15.6 Å². The minimum absolute atomic E-state index is 0.0777. The van der Waals surface area contributed by atoms with Crippen molar-refractivity contribution in [1.82, 2.24) is 0 Å². The molecule has 700 valence electrons. The molecular formula is C105H174O16P2. The van der Waals surface area contributed by atoms with Gasteiger partial charge in [-0.3, -0.25) is 32.5 Å². The standard InChI is InChI=1S/C105H174O16P2/c1-4-7-10-13-16-19-22-25-28-31-34-37-40-43-45-46-47-48-49-50-51-52-54-57-58-61-64-67-70-73-76-79-82-85-88-91-103(108)115-94-100(106)95-117-122(111,112)118-96-101(107)97-119-123(113,114)120-99-102(121-105(110)93-90-87-84-81-78-75-72-69-66-63-60-55-42-39-36-33-30-27-24-21-18-15-12-9-6-3)98-116-104(109)92-89-86-83-80-77-74-71-68-65-62-59-56-53-44-41-38-35-32-29-26-23-20-17-14-11-8-5-2/h7-12,16-21,25-30,34-39,43-45,53,55,59-60,62,66,69,100-102,106-107H,4-6,13-15,22-24,31-33,40-42,46-52,54,56-58,61,63-65,67-68,70-99H2,1-3H3,(H,111,112)(H,113,114)/b10-7-,11-8-,12-9-,19-16-,20-17-,21-18-,28-25-,29-26-,30-27-,37-34-,38-35-,39-36-,45-43-,53-44-,60-55-,62-59-,69-66-. The highest BCUT2D eigenvalue weighted by Gasteiger charge is 2.30. The molecule has 0 aliphatic heterocycles. The average molecular weight is 1750 g/mol. The largest absolute Gasteiger partial charge is 0.472 e. The average Bonchev–Trinajstić information content (AvgIpc) is 0.893. The fourth-order valence-electron chi connectivity index (χ4n) is 12.8. The first-order valence-electron chi connectivity index (χ1n) is 48.4. The fraction of sp³-hybridized carbons (Fsp3) is 0.648. The van der Waals surface area contributed by atoms with Crippen LogP contribution in [0.1, 0.15) is 380 Å². The van der Waals surface area contributed by atoms with Gasteiger partial charge in [-0.2, -0.15) is 0 Å². The molecule has 0 spiro atoms. The second kappa shape index (κ2) is 95.2. The molecule has 0 amide bonds. The highest BCUT2D eigenvalue weighted by molar-refractivity contribution is 7.47. The van der Waals surface area contributed by atoms with Crippen LogP contribution in [-0.2, 0) is 55.8 Å². The Kier molecular flexibility index (Phi) is 90.7. The number of esters is 3. The van der Waals surface area contributed by atoms with Crippen molar-refractivity contribution < 1.29 is 75.8 Å². The summed E-state index contributed by atoms with van der Waals surface area (Å²) < 4.78 is 61.6. The summed E-state index contributed by atoms with van der Waals surface area (Å²) in [5, 5.41) is 20.8. The minimum atomic E-state index is -4.96. The molecule has 0 aromatic rings. The lowest BCUT2D eigenvalue weighted by Gasteiger charge is -2.21. The Morgan fingerprint density at radius 2 is 0.407 bits per heavy atom. The molecule has 0 bridgehead atoms. The van der Waals surface area contributed by atoms with Crippen molar-refractivity contribution in [3.05, 3.63) is 207 Å². The second-order valence-electron chi connectivity index (χ2n) is 31.7. The molecule has 0 rings (SSSR count). The lowest BCUT2D eigenvalue weighted by Crippen LogP contribution is -2.30. The summed E-state index contributed by atoms with van der Waals surface area (Å²) in [6.07, 6.45) is 129. The SMILES string of the molecule is CC/C=C\C/C=C\C/C=C\C/C=C\C/C=C\C/C=C\CCCCCCCCCCC(=O)OCC(COP(=O)(O)OCC(O)COP(=O)(O)OCC(O)COC(=O)CCCCCCCCCCCCCCCCCCCCC/C=C\C/C=C\C/C=C\C/C=C\C/C=C\CC)OC(=O)CCCCCCCC/C=C\C/C=C\C/C=C\C/C=C\C/C=C\C/C=C\CC. The van der Waals surface area contributed by atoms with E-state index in [1.807, 2.05) is 0 Å². The molecule has 0 aromatic carbocycles. The van der Waals surface area contributed by atoms with Crippen LogP contribution in [-0.4, -0.2) is 95.9 Å². The number of hydrogen-bond donors (Lipinski definition) is 4. The molecule has 0 radical (unpaired) electrons. The van der Waals surface area contributed by atoms with Crippen molar-refractivity contribution in [2.24, 2.45) is 0 Å². The fourth-order valence-corrected chi connectivity index (χ4v) is 14.4. The van der Waals surface area contributed by atoms with Crippen molar-refractivity contribution in [2.75, 3.05) is 39.6 Å². The molecule has 0 fully saturated rings. The third-order valence-electron chi connectivity index (χ3n) is 20.0. The monoisotopic (exact) mass is 1750 g/mol. The molecule has 0 heterocycles. The third kappa shape index (κ3) is 96.6. The minimum Gasteiger partial charge on any atom is -0.463 e. The molecule has 4 N–H and O–H groups in total. The van der Waals surface area contributed by atoms with Crippen molar-refractivity contribution in [2.45, 2.75) is 399 Å². The number of ether oxygens (including phenoxy) is 3. The van der Waals surface area contributed by atoms with Gasteiger partial charge in [0, 0.05) is 19.3 Å². The number of hydrogen-bond acceptors (Lipinski definition) is 14. The lowest BCUT2D eigenvalue weighted by molar-refractivity contribution is -0.161. The van der Waals surface area contributed by atoms with Gasteiger partial charge in [-0.25, -0.2) is 9.13 Å². The quantitative estimate of drug-likeness (QED) is 0.0146. The Morgan fingerprint density at radius 1 is 0.228 bits per heavy atom. The van der Waals surface area contributed by atoms with E-state index in [-0.39, 0.29) is 19.3 Å². The van der Waals surface area contributed by atoms with Crippen molar-refractivity contribution in [1.29, 1.82) is 0 Å². The van der Waals surface area contributed by atoms with E-state index in [9.17, 15) is 43.5 Å². The summed E-state index contributed by atoms with van der Waals surface area (Å²) in [4.78, 5) is 59.1. The van der Waals surface area contributed by atoms with E-state index in [1.54, 1.807) is 0 Å². The van der Waals surface area contributed by atoms with Crippen molar-refractivity contribution in [3.63, 3.8) is 0 Å². The number of phosphoric ester groups is 2. The summed E-state index contributed by atoms with van der Waals surface area (Å²) in [7, 11) is -9.83. The highest BCUT2D eigenvalue weighted by atomic mass is 31.2. The summed E-state index contributed by atoms with van der Waals surface area (Å²) in [5.74, 6) is -1.60. The molecule has 0 aliphatic rings. The highest BCUT2D eigenvalue weighted by Crippen LogP contribution is 2.45. The Hall–Kier alpha value is -5.87. The van der Waals surface area contributed by atoms with Crippen LogP contribution < -0.4 is 0 Å². The molecule has 16 nitrogen and oxygen atoms in total. The molecule has 0 saturated heterocycles. The van der Waals surface area contributed by atoms with Gasteiger partial charge < -0.3 is 34.2 Å². The predicted octanol–water partition coefficient (Wildman–Crippen LogP) is 30.3. The summed E-state index contributed by atoms with van der Waals surface area (Å²) in [6, 6.07) is 0. The predicted molar refractivity (Wildman–Crippen MR) is 518 cm³/mol. The van der Waals surface area contributed by atoms with Crippen LogP contribution in [0.2, 0.25) is 0 Å². The zero-order valence-corrected chi connectivity index (χ0v) is 79.1. The first-order chi connectivity index (χ1) is 60.2. The Labute approximate surface area is 750 Å². The van der Waals surface area contributed by atoms with Gasteiger partial charge in [-0.15, -0.1) is 0 Å². The van der Waals surface area contributed by atoms with Gasteiger partial charge in [-0.05, 0) is 167 Å². The number of carbonyl (C=O) groups is 3. The maximum Gasteiger partial charge on any atom is 0.472 e. The van der Waals surface area contributed by atoms with Gasteiger partial charge in [0.2, 0.25) is 0 Å². The Morgan fingerprint density at radius 3 is 0.642 bits per heavy atom. The second-order valence-corrected chi connectivity index (χ2v) is 34.6. The van der Waals surface area contributed by atoms with E-state index in [4.69, 9.17) is 32.3 Å². The van der Waals surface area contributed by atoms with E-state index >= 15 is 0 Å². The maximum atomic E-state index is 13.1. The van der Waals surface area contributed by atoms with Crippen LogP contribution in [0.15, 0.2) is 207 Å². The Bertz CT molecular complexity index is 3070. The molecule has 0 saturated carbocycles. The number of aliphatic hydroxyl groups excluding tert-OH is 2. The molecule has 123 heavy (non-hydrogen) atoms. The van der Waals surface area contributed by atoms with Crippen LogP contribution in [0.3, 0.4) is 0 Å². The molecule has 5 atom stereocenters. The summed E-state index contributed by atoms with van der Waals surface area (Å²) in [6.45, 7) is 2.35. The van der Waals surface area contributed by atoms with Crippen LogP contribution in [0.4, 0.5) is 0 Å². The van der Waals surface area contributed by atoms with Gasteiger partial charge in [0.05, 0.1) is 26.4 Å². The Balaban J connectivity index is 4.61. The first kappa shape index (κ1) is 117. The normalized spacial score (nSPS) is 14.6. The number of phosphoric acid groups is 2. The molecule has 0 aromatic heterocycles. The lowest BCUT2D eigenvalue weighted by atomic mass is 10.0. The van der Waals surface area contributed by atoms with Crippen molar-refractivity contribution in [3.8, 4) is 0 Å². The number of carbonyl (C=O) groups excluding carboxylic acids is 3. The zero-order chi connectivity index (χ0) is 89.3. The van der Waals surface area contributed by atoms with E-state index in [2.05, 4.69) is 227 Å². The zero-order valence-electron chi connectivity index (χ0n) is 77.3. The van der Waals surface area contributed by atoms with E-state index in [0.717, 1.165) is 212 Å². The van der Waals surface area contributed by atoms with Crippen LogP contribution in [0.25, 0.3) is 0 Å². The van der Waals surface area contributed by atoms with Gasteiger partial charge in [-0.1, -0.05) is 401 Å². The maximum absolute atomic E-state index is 13.1. The summed E-state index contributed by atoms with van der Waals surface area (Å²) in [5.41, 5.74) is 0. The molecule has 0 aliphatic carbocycles.